The van der Waals surface area contributed by atoms with Gasteiger partial charge < -0.3 is 0 Å². The van der Waals surface area contributed by atoms with Gasteiger partial charge in [0.05, 0.1) is 0 Å². The van der Waals surface area contributed by atoms with E-state index in [1.165, 1.54) is 0 Å². The summed E-state index contributed by atoms with van der Waals surface area (Å²) >= 11 is 0. The second kappa shape index (κ2) is 6.10. The molecule has 0 aliphatic rings. The Bertz CT molecular complexity index is 565. The molecule has 0 atom stereocenters. The molecule has 0 fully saturated rings. The lowest BCUT2D eigenvalue weighted by molar-refractivity contribution is -0.716. The molecule has 96 valence electrons. The number of carbonyl (C=O) groups is 1. The van der Waals surface area contributed by atoms with Gasteiger partial charge in [-0.1, -0.05) is 36.4 Å². The first-order chi connectivity index (χ1) is 9.19. The predicted octanol–water partition coefficient (Wildman–Crippen LogP) is 3.54. The minimum atomic E-state index is 0.480. The summed E-state index contributed by atoms with van der Waals surface area (Å²) in [6.07, 6.45) is 9.14. The zero-order valence-corrected chi connectivity index (χ0v) is 11.3. The Morgan fingerprint density at radius 3 is 1.79 bits per heavy atom. The lowest BCUT2D eigenvalue weighted by Crippen LogP contribution is -2.34. The molecule has 1 heterocycles. The van der Waals surface area contributed by atoms with Crippen LogP contribution in [0.2, 0.25) is 0 Å². The lowest BCUT2D eigenvalue weighted by atomic mass is 10.1. The van der Waals surface area contributed by atoms with Gasteiger partial charge in [-0.05, 0) is 25.0 Å². The highest BCUT2D eigenvalue weighted by atomic mass is 16.1. The van der Waals surface area contributed by atoms with Gasteiger partial charge in [0.2, 0.25) is 0 Å². The van der Waals surface area contributed by atoms with Crippen LogP contribution in [0.3, 0.4) is 0 Å². The number of benzene rings is 1. The van der Waals surface area contributed by atoms with E-state index in [1.54, 1.807) is 0 Å². The fourth-order valence-electron chi connectivity index (χ4n) is 1.78. The lowest BCUT2D eigenvalue weighted by Gasteiger charge is -1.99. The molecule has 1 aromatic heterocycles. The van der Waals surface area contributed by atoms with E-state index >= 15 is 0 Å². The Balaban J connectivity index is 2.10. The smallest absolute Gasteiger partial charge is 0.169 e. The van der Waals surface area contributed by atoms with E-state index in [0.29, 0.717) is 11.6 Å². The molecule has 2 nitrogen and oxygen atoms in total. The van der Waals surface area contributed by atoms with Crippen molar-refractivity contribution in [1.29, 1.82) is 0 Å². The highest BCUT2D eigenvalue weighted by molar-refractivity contribution is 5.76. The Hall–Kier alpha value is -2.22. The molecule has 0 N–H and O–H groups in total. The van der Waals surface area contributed by atoms with Crippen LogP contribution in [-0.2, 0) is 0 Å². The highest BCUT2D eigenvalue weighted by Crippen LogP contribution is 2.08. The minimum Gasteiger partial charge on any atom is -0.298 e. The first kappa shape index (κ1) is 13.2. The fraction of sp³-hybridized carbons (Fsp3) is 0.176. The van der Waals surface area contributed by atoms with Crippen molar-refractivity contribution >= 4 is 18.4 Å². The first-order valence-electron chi connectivity index (χ1n) is 6.43. The molecule has 0 bridgehead atoms. The van der Waals surface area contributed by atoms with E-state index in [-0.39, 0.29) is 0 Å². The molecule has 0 aliphatic heterocycles. The SMILES string of the molecule is CC(C)[n+]1ccc(C=Cc2ccc(C=O)cc2)cc1. The van der Waals surface area contributed by atoms with Gasteiger partial charge in [0.15, 0.2) is 18.4 Å². The molecule has 2 heteroatoms. The maximum Gasteiger partial charge on any atom is 0.169 e. The van der Waals surface area contributed by atoms with Gasteiger partial charge in [0.1, 0.15) is 6.29 Å². The normalized spacial score (nSPS) is 11.1. The van der Waals surface area contributed by atoms with Gasteiger partial charge in [-0.3, -0.25) is 4.79 Å². The van der Waals surface area contributed by atoms with Crippen molar-refractivity contribution in [2.24, 2.45) is 0 Å². The molecule has 2 aromatic rings. The standard InChI is InChI=1S/C17H18NO/c1-14(2)18-11-9-16(10-12-18)4-3-15-5-7-17(13-19)8-6-15/h3-14H,1-2H3/q+1. The summed E-state index contributed by atoms with van der Waals surface area (Å²) in [5, 5.41) is 0. The summed E-state index contributed by atoms with van der Waals surface area (Å²) in [5.41, 5.74) is 2.96. The molecule has 19 heavy (non-hydrogen) atoms. The number of hydrogen-bond donors (Lipinski definition) is 0. The summed E-state index contributed by atoms with van der Waals surface area (Å²) in [6.45, 7) is 4.31. The third kappa shape index (κ3) is 3.62. The van der Waals surface area contributed by atoms with Crippen molar-refractivity contribution in [3.05, 3.63) is 65.5 Å². The van der Waals surface area contributed by atoms with Gasteiger partial charge in [0.25, 0.3) is 0 Å². The Kier molecular flexibility index (Phi) is 4.24. The van der Waals surface area contributed by atoms with E-state index in [4.69, 9.17) is 0 Å². The second-order valence-corrected chi connectivity index (χ2v) is 4.79. The largest absolute Gasteiger partial charge is 0.298 e. The highest BCUT2D eigenvalue weighted by Gasteiger charge is 2.03. The zero-order chi connectivity index (χ0) is 13.7. The number of hydrogen-bond acceptors (Lipinski definition) is 1. The van der Waals surface area contributed by atoms with E-state index in [2.05, 4.69) is 49.0 Å². The van der Waals surface area contributed by atoms with Crippen molar-refractivity contribution in [3.63, 3.8) is 0 Å². The van der Waals surface area contributed by atoms with E-state index in [9.17, 15) is 4.79 Å². The molecule has 0 saturated heterocycles. The van der Waals surface area contributed by atoms with Crippen LogP contribution in [0.4, 0.5) is 0 Å². The van der Waals surface area contributed by atoms with Crippen LogP contribution in [-0.4, -0.2) is 6.29 Å². The second-order valence-electron chi connectivity index (χ2n) is 4.79. The van der Waals surface area contributed by atoms with Crippen LogP contribution in [0.25, 0.3) is 12.2 Å². The monoisotopic (exact) mass is 252 g/mol. The number of nitrogens with zero attached hydrogens (tertiary/aromatic N) is 1. The fourth-order valence-corrected chi connectivity index (χ4v) is 1.78. The van der Waals surface area contributed by atoms with Crippen molar-refractivity contribution in [2.45, 2.75) is 19.9 Å². The van der Waals surface area contributed by atoms with Crippen molar-refractivity contribution in [1.82, 2.24) is 0 Å². The number of rotatable bonds is 4. The molecule has 0 aliphatic carbocycles. The van der Waals surface area contributed by atoms with Crippen molar-refractivity contribution in [3.8, 4) is 0 Å². The maximum atomic E-state index is 10.6. The van der Waals surface area contributed by atoms with Gasteiger partial charge in [0, 0.05) is 17.7 Å². The molecule has 0 amide bonds. The van der Waals surface area contributed by atoms with Gasteiger partial charge in [-0.15, -0.1) is 0 Å². The molecular formula is C17H18NO+. The van der Waals surface area contributed by atoms with Gasteiger partial charge in [-0.2, -0.15) is 0 Å². The Morgan fingerprint density at radius 1 is 0.842 bits per heavy atom. The van der Waals surface area contributed by atoms with Crippen LogP contribution in [0.15, 0.2) is 48.8 Å². The van der Waals surface area contributed by atoms with Crippen LogP contribution in [0.1, 0.15) is 41.4 Å². The van der Waals surface area contributed by atoms with Crippen LogP contribution >= 0.6 is 0 Å². The summed E-state index contributed by atoms with van der Waals surface area (Å²) in [7, 11) is 0. The number of aldehydes is 1. The van der Waals surface area contributed by atoms with Crippen molar-refractivity contribution in [2.75, 3.05) is 0 Å². The number of aromatic nitrogens is 1. The van der Waals surface area contributed by atoms with Crippen LogP contribution < -0.4 is 4.57 Å². The van der Waals surface area contributed by atoms with Crippen LogP contribution in [0.5, 0.6) is 0 Å². The quantitative estimate of drug-likeness (QED) is 0.602. The Morgan fingerprint density at radius 2 is 1.32 bits per heavy atom. The molecule has 0 saturated carbocycles. The average Bonchev–Trinajstić information content (AvgIpc) is 2.46. The minimum absolute atomic E-state index is 0.480. The topological polar surface area (TPSA) is 20.9 Å². The maximum absolute atomic E-state index is 10.6. The molecule has 0 spiro atoms. The van der Waals surface area contributed by atoms with Crippen molar-refractivity contribution < 1.29 is 9.36 Å². The van der Waals surface area contributed by atoms with E-state index in [0.717, 1.165) is 17.4 Å². The molecule has 2 rings (SSSR count). The number of carbonyl (C=O) groups excluding carboxylic acids is 1. The zero-order valence-electron chi connectivity index (χ0n) is 11.3. The van der Waals surface area contributed by atoms with Crippen LogP contribution in [0, 0.1) is 0 Å². The van der Waals surface area contributed by atoms with E-state index in [1.807, 2.05) is 30.3 Å². The molecule has 0 radical (unpaired) electrons. The van der Waals surface area contributed by atoms with Gasteiger partial charge in [-0.25, -0.2) is 4.57 Å². The summed E-state index contributed by atoms with van der Waals surface area (Å²) < 4.78 is 2.16. The Labute approximate surface area is 114 Å². The number of pyridine rings is 1. The summed E-state index contributed by atoms with van der Waals surface area (Å²) in [5.74, 6) is 0. The summed E-state index contributed by atoms with van der Waals surface area (Å²) in [4.78, 5) is 10.6. The predicted molar refractivity (Wildman–Crippen MR) is 77.8 cm³/mol. The molecule has 0 unspecified atom stereocenters. The molecule has 1 aromatic carbocycles. The van der Waals surface area contributed by atoms with E-state index < -0.39 is 0 Å². The van der Waals surface area contributed by atoms with Gasteiger partial charge >= 0.3 is 0 Å². The third-order valence-electron chi connectivity index (χ3n) is 3.02. The molecular weight excluding hydrogens is 234 g/mol. The third-order valence-corrected chi connectivity index (χ3v) is 3.02. The summed E-state index contributed by atoms with van der Waals surface area (Å²) in [6, 6.07) is 12.2. The first-order valence-corrected chi connectivity index (χ1v) is 6.43. The average molecular weight is 252 g/mol.